The monoisotopic (exact) mass is 279 g/mol. The van der Waals surface area contributed by atoms with E-state index in [0.717, 1.165) is 6.08 Å². The first-order valence-electron chi connectivity index (χ1n) is 5.60. The van der Waals surface area contributed by atoms with Gasteiger partial charge in [0.05, 0.1) is 0 Å². The third kappa shape index (κ3) is 5.30. The van der Waals surface area contributed by atoms with E-state index in [1.54, 1.807) is 0 Å². The third-order valence-corrected chi connectivity index (χ3v) is 2.02. The molecular formula is C13H13NO6. The first-order valence-corrected chi connectivity index (χ1v) is 5.60. The molecule has 1 N–H and O–H groups in total. The van der Waals surface area contributed by atoms with E-state index in [-0.39, 0.29) is 18.1 Å². The zero-order chi connectivity index (χ0) is 15.1. The minimum absolute atomic E-state index is 0.0144. The van der Waals surface area contributed by atoms with Crippen LogP contribution < -0.4 is 4.74 Å². The summed E-state index contributed by atoms with van der Waals surface area (Å²) in [5, 5.41) is 8.57. The fraction of sp³-hybridized carbons (Fsp3) is 0.231. The predicted octanol–water partition coefficient (Wildman–Crippen LogP) is 1.17. The van der Waals surface area contributed by atoms with E-state index in [1.165, 1.54) is 32.2 Å². The Kier molecular flexibility index (Phi) is 5.40. The van der Waals surface area contributed by atoms with Crippen LogP contribution in [0.2, 0.25) is 0 Å². The maximum Gasteiger partial charge on any atom is 0.328 e. The molecule has 0 spiro atoms. The number of carboxylic acids is 1. The molecule has 0 saturated carbocycles. The summed E-state index contributed by atoms with van der Waals surface area (Å²) in [6, 6.07) is 1.46. The van der Waals surface area contributed by atoms with Crippen LogP contribution in [-0.4, -0.2) is 28.0 Å². The van der Waals surface area contributed by atoms with Gasteiger partial charge in [0.2, 0.25) is 0 Å². The Morgan fingerprint density at radius 3 is 2.55 bits per heavy atom. The maximum atomic E-state index is 11.0. The highest BCUT2D eigenvalue weighted by Crippen LogP contribution is 2.20. The van der Waals surface area contributed by atoms with E-state index in [1.807, 2.05) is 0 Å². The van der Waals surface area contributed by atoms with Gasteiger partial charge in [-0.3, -0.25) is 14.6 Å². The van der Waals surface area contributed by atoms with E-state index in [2.05, 4.69) is 4.98 Å². The van der Waals surface area contributed by atoms with Crippen molar-refractivity contribution in [3.63, 3.8) is 0 Å². The molecule has 0 aromatic carbocycles. The van der Waals surface area contributed by atoms with Crippen molar-refractivity contribution in [3.05, 3.63) is 29.6 Å². The number of carboxylic acid groups (broad SMARTS) is 1. The van der Waals surface area contributed by atoms with Crippen molar-refractivity contribution in [1.82, 2.24) is 4.98 Å². The van der Waals surface area contributed by atoms with Gasteiger partial charge in [-0.15, -0.1) is 0 Å². The summed E-state index contributed by atoms with van der Waals surface area (Å²) >= 11 is 0. The van der Waals surface area contributed by atoms with E-state index >= 15 is 0 Å². The Balaban J connectivity index is 3.02. The van der Waals surface area contributed by atoms with Gasteiger partial charge in [-0.1, -0.05) is 0 Å². The van der Waals surface area contributed by atoms with Crippen LogP contribution in [-0.2, 0) is 25.7 Å². The molecule has 0 radical (unpaired) electrons. The lowest BCUT2D eigenvalue weighted by Crippen LogP contribution is -2.06. The molecule has 0 aliphatic heterocycles. The fourth-order valence-corrected chi connectivity index (χ4v) is 1.27. The normalized spacial score (nSPS) is 10.3. The molecule has 1 aromatic rings. The van der Waals surface area contributed by atoms with Crippen molar-refractivity contribution in [2.45, 2.75) is 20.5 Å². The van der Waals surface area contributed by atoms with E-state index in [0.29, 0.717) is 5.56 Å². The van der Waals surface area contributed by atoms with Gasteiger partial charge in [0, 0.05) is 31.7 Å². The molecule has 7 heteroatoms. The summed E-state index contributed by atoms with van der Waals surface area (Å²) in [6.45, 7) is 2.47. The van der Waals surface area contributed by atoms with Gasteiger partial charge in [-0.25, -0.2) is 4.79 Å². The molecule has 106 valence electrons. The van der Waals surface area contributed by atoms with Crippen LogP contribution in [0.15, 0.2) is 18.3 Å². The lowest BCUT2D eigenvalue weighted by Gasteiger charge is -2.08. The fourth-order valence-electron chi connectivity index (χ4n) is 1.27. The molecule has 0 aliphatic rings. The van der Waals surface area contributed by atoms with E-state index in [4.69, 9.17) is 14.6 Å². The minimum Gasteiger partial charge on any atom is -0.478 e. The summed E-state index contributed by atoms with van der Waals surface area (Å²) in [6.07, 6.45) is 3.48. The SMILES string of the molecule is CC(=O)OCc1cnc(/C=C/C(=O)O)c(OC(C)=O)c1. The van der Waals surface area contributed by atoms with Gasteiger partial charge >= 0.3 is 17.9 Å². The van der Waals surface area contributed by atoms with Crippen LogP contribution in [0.4, 0.5) is 0 Å². The number of aliphatic carboxylic acids is 1. The predicted molar refractivity (Wildman–Crippen MR) is 67.7 cm³/mol. The molecule has 0 unspecified atom stereocenters. The van der Waals surface area contributed by atoms with Gasteiger partial charge < -0.3 is 14.6 Å². The second-order valence-corrected chi connectivity index (χ2v) is 3.77. The molecule has 20 heavy (non-hydrogen) atoms. The van der Waals surface area contributed by atoms with Gasteiger partial charge in [0.15, 0.2) is 5.75 Å². The molecule has 0 fully saturated rings. The summed E-state index contributed by atoms with van der Waals surface area (Å²) in [7, 11) is 0. The van der Waals surface area contributed by atoms with Crippen molar-refractivity contribution in [2.75, 3.05) is 0 Å². The van der Waals surface area contributed by atoms with E-state index in [9.17, 15) is 14.4 Å². The first-order chi connectivity index (χ1) is 9.38. The Hall–Kier alpha value is -2.70. The summed E-state index contributed by atoms with van der Waals surface area (Å²) < 4.78 is 9.73. The number of carbonyl (C=O) groups excluding carboxylic acids is 2. The average Bonchev–Trinajstić information content (AvgIpc) is 2.34. The highest BCUT2D eigenvalue weighted by molar-refractivity contribution is 5.85. The van der Waals surface area contributed by atoms with Gasteiger partial charge in [-0.05, 0) is 12.1 Å². The van der Waals surface area contributed by atoms with Crippen LogP contribution in [0.5, 0.6) is 5.75 Å². The number of hydrogen-bond acceptors (Lipinski definition) is 6. The molecular weight excluding hydrogens is 266 g/mol. The van der Waals surface area contributed by atoms with E-state index < -0.39 is 17.9 Å². The van der Waals surface area contributed by atoms with Crippen molar-refractivity contribution < 1.29 is 29.0 Å². The molecule has 1 rings (SSSR count). The number of rotatable bonds is 5. The quantitative estimate of drug-likeness (QED) is 0.637. The highest BCUT2D eigenvalue weighted by Gasteiger charge is 2.08. The second-order valence-electron chi connectivity index (χ2n) is 3.77. The lowest BCUT2D eigenvalue weighted by molar-refractivity contribution is -0.142. The van der Waals surface area contributed by atoms with Gasteiger partial charge in [0.25, 0.3) is 0 Å². The van der Waals surface area contributed by atoms with Crippen molar-refractivity contribution in [1.29, 1.82) is 0 Å². The lowest BCUT2D eigenvalue weighted by atomic mass is 10.2. The smallest absolute Gasteiger partial charge is 0.328 e. The number of carbonyl (C=O) groups is 3. The van der Waals surface area contributed by atoms with Crippen LogP contribution in [0.25, 0.3) is 6.08 Å². The molecule has 7 nitrogen and oxygen atoms in total. The van der Waals surface area contributed by atoms with Crippen LogP contribution >= 0.6 is 0 Å². The molecule has 0 atom stereocenters. The topological polar surface area (TPSA) is 103 Å². The zero-order valence-corrected chi connectivity index (χ0v) is 11.0. The average molecular weight is 279 g/mol. The van der Waals surface area contributed by atoms with Gasteiger partial charge in [-0.2, -0.15) is 0 Å². The van der Waals surface area contributed by atoms with Crippen molar-refractivity contribution >= 4 is 24.0 Å². The first kappa shape index (κ1) is 15.4. The summed E-state index contributed by atoms with van der Waals surface area (Å²) in [4.78, 5) is 36.2. The molecule has 0 aliphatic carbocycles. The number of esters is 2. The largest absolute Gasteiger partial charge is 0.478 e. The number of hydrogen-bond donors (Lipinski definition) is 1. The number of aromatic nitrogens is 1. The molecule has 0 saturated heterocycles. The molecule has 0 bridgehead atoms. The van der Waals surface area contributed by atoms with Crippen molar-refractivity contribution in [2.24, 2.45) is 0 Å². The summed E-state index contributed by atoms with van der Waals surface area (Å²) in [5.41, 5.74) is 0.707. The van der Waals surface area contributed by atoms with Crippen LogP contribution in [0, 0.1) is 0 Å². The zero-order valence-electron chi connectivity index (χ0n) is 11.0. The minimum atomic E-state index is -1.15. The maximum absolute atomic E-state index is 11.0. The van der Waals surface area contributed by atoms with Crippen LogP contribution in [0.1, 0.15) is 25.1 Å². The molecule has 1 heterocycles. The molecule has 0 amide bonds. The summed E-state index contributed by atoms with van der Waals surface area (Å²) in [5.74, 6) is -2.07. The molecule has 1 aromatic heterocycles. The van der Waals surface area contributed by atoms with Crippen molar-refractivity contribution in [3.8, 4) is 5.75 Å². The highest BCUT2D eigenvalue weighted by atomic mass is 16.5. The standard InChI is InChI=1S/C13H13NO6/c1-8(15)19-7-10-5-12(20-9(2)16)11(14-6-10)3-4-13(17)18/h3-6H,7H2,1-2H3,(H,17,18)/b4-3+. The second kappa shape index (κ2) is 7.03. The van der Waals surface area contributed by atoms with Gasteiger partial charge in [0.1, 0.15) is 12.3 Å². The third-order valence-electron chi connectivity index (χ3n) is 2.02. The Morgan fingerprint density at radius 1 is 1.30 bits per heavy atom. The number of pyridine rings is 1. The van der Waals surface area contributed by atoms with Crippen LogP contribution in [0.3, 0.4) is 0 Å². The Labute approximate surface area is 114 Å². The number of ether oxygens (including phenoxy) is 2. The number of nitrogens with zero attached hydrogens (tertiary/aromatic N) is 1. The Morgan fingerprint density at radius 2 is 2.00 bits per heavy atom. The Bertz CT molecular complexity index is 564.